The van der Waals surface area contributed by atoms with E-state index in [9.17, 15) is 4.79 Å². The maximum Gasteiger partial charge on any atom is 0.303 e. The van der Waals surface area contributed by atoms with E-state index >= 15 is 0 Å². The Hall–Kier alpha value is -0.570. The molecule has 0 aromatic heterocycles. The minimum Gasteiger partial charge on any atom is -0.481 e. The summed E-state index contributed by atoms with van der Waals surface area (Å²) in [5.74, 6) is 0.109. The second-order valence-electron chi connectivity index (χ2n) is 5.48. The highest BCUT2D eigenvalue weighted by Gasteiger charge is 2.21. The third kappa shape index (κ3) is 6.50. The molecular weight excluding hydrogens is 190 g/mol. The van der Waals surface area contributed by atoms with E-state index in [2.05, 4.69) is 33.0 Å². The number of hydrogen-bond acceptors (Lipinski definition) is 2. The first-order valence-electron chi connectivity index (χ1n) is 5.68. The molecule has 0 aromatic rings. The number of hydrogen-bond donors (Lipinski definition) is 2. The summed E-state index contributed by atoms with van der Waals surface area (Å²) in [5, 5.41) is 12.0. The molecule has 0 radical (unpaired) electrons. The summed E-state index contributed by atoms with van der Waals surface area (Å²) in [6, 6.07) is 0. The average molecular weight is 215 g/mol. The zero-order valence-corrected chi connectivity index (χ0v) is 10.6. The lowest BCUT2D eigenvalue weighted by Gasteiger charge is -2.30. The monoisotopic (exact) mass is 215 g/mol. The van der Waals surface area contributed by atoms with E-state index in [1.165, 1.54) is 0 Å². The van der Waals surface area contributed by atoms with Crippen molar-refractivity contribution in [2.45, 2.75) is 41.0 Å². The Morgan fingerprint density at radius 3 is 2.27 bits per heavy atom. The van der Waals surface area contributed by atoms with Crippen LogP contribution in [0.4, 0.5) is 0 Å². The molecule has 90 valence electrons. The molecular formula is C12H25NO2. The first-order chi connectivity index (χ1) is 6.75. The zero-order chi connectivity index (χ0) is 12.1. The Labute approximate surface area is 93.3 Å². The highest BCUT2D eigenvalue weighted by molar-refractivity contribution is 5.66. The van der Waals surface area contributed by atoms with Crippen LogP contribution in [0.15, 0.2) is 0 Å². The number of carboxylic acids is 1. The van der Waals surface area contributed by atoms with Gasteiger partial charge in [0.05, 0.1) is 0 Å². The lowest BCUT2D eigenvalue weighted by atomic mass is 9.81. The molecule has 0 saturated heterocycles. The minimum absolute atomic E-state index is 0.200. The summed E-state index contributed by atoms with van der Waals surface area (Å²) in [6.07, 6.45) is 0.245. The van der Waals surface area contributed by atoms with Gasteiger partial charge >= 0.3 is 5.97 Å². The molecule has 2 N–H and O–H groups in total. The molecule has 0 aliphatic heterocycles. The van der Waals surface area contributed by atoms with Crippen molar-refractivity contribution in [1.29, 1.82) is 0 Å². The SMILES string of the molecule is CC(CNCC(C)(C)C(C)C)CC(=O)O. The number of nitrogens with one attached hydrogen (secondary N) is 1. The quantitative estimate of drug-likeness (QED) is 0.685. The number of carbonyl (C=O) groups is 1. The van der Waals surface area contributed by atoms with Gasteiger partial charge in [-0.25, -0.2) is 0 Å². The van der Waals surface area contributed by atoms with E-state index in [0.29, 0.717) is 5.92 Å². The van der Waals surface area contributed by atoms with Crippen LogP contribution in [0.25, 0.3) is 0 Å². The summed E-state index contributed by atoms with van der Waals surface area (Å²) < 4.78 is 0. The Bertz CT molecular complexity index is 200. The number of aliphatic carboxylic acids is 1. The fourth-order valence-electron chi connectivity index (χ4n) is 1.22. The van der Waals surface area contributed by atoms with Crippen molar-refractivity contribution in [3.8, 4) is 0 Å². The molecule has 0 aliphatic rings. The third-order valence-electron chi connectivity index (χ3n) is 3.16. The summed E-state index contributed by atoms with van der Waals surface area (Å²) in [7, 11) is 0. The van der Waals surface area contributed by atoms with Crippen molar-refractivity contribution < 1.29 is 9.90 Å². The third-order valence-corrected chi connectivity index (χ3v) is 3.16. The first-order valence-corrected chi connectivity index (χ1v) is 5.68. The van der Waals surface area contributed by atoms with Crippen molar-refractivity contribution in [2.24, 2.45) is 17.3 Å². The second-order valence-corrected chi connectivity index (χ2v) is 5.48. The molecule has 0 saturated carbocycles. The van der Waals surface area contributed by atoms with Crippen LogP contribution in [-0.2, 0) is 4.79 Å². The molecule has 0 rings (SSSR count). The van der Waals surface area contributed by atoms with Gasteiger partial charge in [0.15, 0.2) is 0 Å². The second kappa shape index (κ2) is 6.11. The molecule has 0 bridgehead atoms. The number of carboxylic acid groups (broad SMARTS) is 1. The predicted molar refractivity (Wildman–Crippen MR) is 62.9 cm³/mol. The van der Waals surface area contributed by atoms with E-state index in [-0.39, 0.29) is 17.8 Å². The Kier molecular flexibility index (Phi) is 5.88. The van der Waals surface area contributed by atoms with Crippen molar-refractivity contribution in [3.63, 3.8) is 0 Å². The van der Waals surface area contributed by atoms with Gasteiger partial charge in [-0.2, -0.15) is 0 Å². The van der Waals surface area contributed by atoms with Crippen LogP contribution < -0.4 is 5.32 Å². The fourth-order valence-corrected chi connectivity index (χ4v) is 1.22. The maximum absolute atomic E-state index is 10.5. The molecule has 15 heavy (non-hydrogen) atoms. The van der Waals surface area contributed by atoms with Crippen molar-refractivity contribution in [1.82, 2.24) is 5.32 Å². The van der Waals surface area contributed by atoms with Crippen LogP contribution in [0.2, 0.25) is 0 Å². The normalized spacial score (nSPS) is 14.3. The zero-order valence-electron chi connectivity index (χ0n) is 10.6. The van der Waals surface area contributed by atoms with E-state index in [1.54, 1.807) is 0 Å². The van der Waals surface area contributed by atoms with Crippen molar-refractivity contribution in [2.75, 3.05) is 13.1 Å². The molecule has 3 heteroatoms. The first kappa shape index (κ1) is 14.4. The molecule has 0 fully saturated rings. The molecule has 0 aliphatic carbocycles. The van der Waals surface area contributed by atoms with Crippen molar-refractivity contribution >= 4 is 5.97 Å². The van der Waals surface area contributed by atoms with Crippen LogP contribution >= 0.6 is 0 Å². The van der Waals surface area contributed by atoms with Crippen LogP contribution in [0, 0.1) is 17.3 Å². The largest absolute Gasteiger partial charge is 0.481 e. The Morgan fingerprint density at radius 1 is 1.33 bits per heavy atom. The Morgan fingerprint density at radius 2 is 1.87 bits per heavy atom. The van der Waals surface area contributed by atoms with E-state index in [4.69, 9.17) is 5.11 Å². The van der Waals surface area contributed by atoms with Gasteiger partial charge in [0.25, 0.3) is 0 Å². The van der Waals surface area contributed by atoms with E-state index < -0.39 is 5.97 Å². The van der Waals surface area contributed by atoms with E-state index in [1.807, 2.05) is 6.92 Å². The summed E-state index contributed by atoms with van der Waals surface area (Å²) >= 11 is 0. The lowest BCUT2D eigenvalue weighted by molar-refractivity contribution is -0.137. The van der Waals surface area contributed by atoms with Gasteiger partial charge in [0.1, 0.15) is 0 Å². The lowest BCUT2D eigenvalue weighted by Crippen LogP contribution is -2.35. The fraction of sp³-hybridized carbons (Fsp3) is 0.917. The maximum atomic E-state index is 10.5. The van der Waals surface area contributed by atoms with Crippen LogP contribution in [0.3, 0.4) is 0 Å². The summed E-state index contributed by atoms with van der Waals surface area (Å²) in [6.45, 7) is 12.6. The topological polar surface area (TPSA) is 49.3 Å². The molecule has 1 atom stereocenters. The number of rotatable bonds is 7. The van der Waals surface area contributed by atoms with Crippen LogP contribution in [0.1, 0.15) is 41.0 Å². The highest BCUT2D eigenvalue weighted by Crippen LogP contribution is 2.24. The smallest absolute Gasteiger partial charge is 0.303 e. The molecule has 0 amide bonds. The van der Waals surface area contributed by atoms with Gasteiger partial charge in [-0.15, -0.1) is 0 Å². The van der Waals surface area contributed by atoms with Gasteiger partial charge in [-0.05, 0) is 23.8 Å². The van der Waals surface area contributed by atoms with Gasteiger partial charge in [0.2, 0.25) is 0 Å². The summed E-state index contributed by atoms with van der Waals surface area (Å²) in [5.41, 5.74) is 0.267. The molecule has 1 unspecified atom stereocenters. The van der Waals surface area contributed by atoms with E-state index in [0.717, 1.165) is 13.1 Å². The van der Waals surface area contributed by atoms with Crippen LogP contribution in [-0.4, -0.2) is 24.2 Å². The summed E-state index contributed by atoms with van der Waals surface area (Å²) in [4.78, 5) is 10.5. The minimum atomic E-state index is -0.715. The van der Waals surface area contributed by atoms with Gasteiger partial charge in [-0.3, -0.25) is 4.79 Å². The highest BCUT2D eigenvalue weighted by atomic mass is 16.4. The average Bonchev–Trinajstić information content (AvgIpc) is 2.01. The molecule has 0 heterocycles. The predicted octanol–water partition coefficient (Wildman–Crippen LogP) is 2.37. The van der Waals surface area contributed by atoms with Crippen molar-refractivity contribution in [3.05, 3.63) is 0 Å². The van der Waals surface area contributed by atoms with Gasteiger partial charge in [0, 0.05) is 13.0 Å². The molecule has 3 nitrogen and oxygen atoms in total. The van der Waals surface area contributed by atoms with Gasteiger partial charge in [-0.1, -0.05) is 34.6 Å². The Balaban J connectivity index is 3.74. The molecule has 0 spiro atoms. The standard InChI is InChI=1S/C12H25NO2/c1-9(2)12(4,5)8-13-7-10(3)6-11(14)15/h9-10,13H,6-8H2,1-5H3,(H,14,15). The van der Waals surface area contributed by atoms with Gasteiger partial charge < -0.3 is 10.4 Å². The molecule has 0 aromatic carbocycles. The van der Waals surface area contributed by atoms with Crippen LogP contribution in [0.5, 0.6) is 0 Å².